The van der Waals surface area contributed by atoms with Gasteiger partial charge in [-0.1, -0.05) is 0 Å². The van der Waals surface area contributed by atoms with Crippen LogP contribution in [-0.2, 0) is 23.7 Å². The molecule has 0 aromatic heterocycles. The van der Waals surface area contributed by atoms with Gasteiger partial charge >= 0.3 is 0 Å². The van der Waals surface area contributed by atoms with E-state index in [1.165, 1.54) is 0 Å². The topological polar surface area (TPSA) is 294 Å². The second kappa shape index (κ2) is 12.7. The molecule has 3 aliphatic heterocycles. The van der Waals surface area contributed by atoms with Crippen LogP contribution in [0, 0.1) is 5.41 Å². The number of guanidine groups is 1. The van der Waals surface area contributed by atoms with E-state index in [1.54, 1.807) is 7.05 Å². The fourth-order valence-electron chi connectivity index (χ4n) is 5.67. The van der Waals surface area contributed by atoms with Gasteiger partial charge in [-0.05, 0) is 26.3 Å². The van der Waals surface area contributed by atoms with Gasteiger partial charge < -0.3 is 82.2 Å². The third-order valence-corrected chi connectivity index (χ3v) is 7.87. The molecule has 17 nitrogen and oxygen atoms in total. The van der Waals surface area contributed by atoms with Crippen LogP contribution >= 0.6 is 0 Å². The minimum atomic E-state index is -1.62. The lowest BCUT2D eigenvalue weighted by Crippen LogP contribution is -2.70. The maximum atomic E-state index is 11.2. The minimum absolute atomic E-state index is 0.157. The predicted molar refractivity (Wildman–Crippen MR) is 131 cm³/mol. The van der Waals surface area contributed by atoms with Gasteiger partial charge in [-0.2, -0.15) is 0 Å². The smallest absolute Gasteiger partial charge is 0.189 e. The maximum Gasteiger partial charge on any atom is 0.189 e. The number of ether oxygens (including phenoxy) is 5. The summed E-state index contributed by atoms with van der Waals surface area (Å²) in [5.41, 5.74) is 17.7. The Morgan fingerprint density at radius 2 is 1.59 bits per heavy atom. The molecule has 4 fully saturated rings. The van der Waals surface area contributed by atoms with Crippen LogP contribution in [0.5, 0.6) is 0 Å². The van der Waals surface area contributed by atoms with Crippen molar-refractivity contribution in [3.8, 4) is 0 Å². The average Bonchev–Trinajstić information content (AvgIpc) is 2.89. The molecule has 0 aromatic carbocycles. The van der Waals surface area contributed by atoms with Gasteiger partial charge in [0.15, 0.2) is 24.8 Å². The highest BCUT2D eigenvalue weighted by atomic mass is 16.8. The molecule has 0 bridgehead atoms. The van der Waals surface area contributed by atoms with Crippen molar-refractivity contribution in [1.82, 2.24) is 10.6 Å². The summed E-state index contributed by atoms with van der Waals surface area (Å²) in [6, 6.07) is -3.28. The minimum Gasteiger partial charge on any atom is -0.394 e. The van der Waals surface area contributed by atoms with Crippen molar-refractivity contribution >= 4 is 5.96 Å². The predicted octanol–water partition coefficient (Wildman–Crippen LogP) is -6.36. The maximum absolute atomic E-state index is 11.2. The molecule has 0 aromatic rings. The summed E-state index contributed by atoms with van der Waals surface area (Å²) >= 11 is 0. The van der Waals surface area contributed by atoms with E-state index in [9.17, 15) is 30.6 Å². The average molecular weight is 567 g/mol. The van der Waals surface area contributed by atoms with E-state index in [0.29, 0.717) is 12.8 Å². The van der Waals surface area contributed by atoms with Crippen LogP contribution < -0.4 is 27.8 Å². The van der Waals surface area contributed by atoms with Gasteiger partial charge in [0.2, 0.25) is 0 Å². The van der Waals surface area contributed by atoms with Crippen LogP contribution in [0.1, 0.15) is 19.3 Å². The molecule has 1 aliphatic carbocycles. The molecular weight excluding hydrogens is 524 g/mol. The number of hydrogen-bond acceptors (Lipinski definition) is 15. The van der Waals surface area contributed by atoms with E-state index in [0.717, 1.165) is 0 Å². The van der Waals surface area contributed by atoms with Crippen molar-refractivity contribution in [2.24, 2.45) is 17.2 Å². The normalized spacial score (nSPS) is 50.7. The molecule has 16 atom stereocenters. The fourth-order valence-corrected chi connectivity index (χ4v) is 5.67. The van der Waals surface area contributed by atoms with Crippen molar-refractivity contribution in [3.05, 3.63) is 0 Å². The van der Waals surface area contributed by atoms with Gasteiger partial charge in [-0.15, -0.1) is 0 Å². The molecule has 17 heteroatoms. The number of nitrogens with two attached hydrogens (primary N) is 3. The zero-order valence-electron chi connectivity index (χ0n) is 21.5. The zero-order valence-corrected chi connectivity index (χ0v) is 21.5. The number of rotatable bonds is 7. The Bertz CT molecular complexity index is 829. The van der Waals surface area contributed by atoms with Crippen LogP contribution in [0.3, 0.4) is 0 Å². The van der Waals surface area contributed by atoms with Gasteiger partial charge in [0.05, 0.1) is 36.9 Å². The summed E-state index contributed by atoms with van der Waals surface area (Å²) < 4.78 is 29.4. The Morgan fingerprint density at radius 1 is 0.872 bits per heavy atom. The van der Waals surface area contributed by atoms with Crippen molar-refractivity contribution < 1.29 is 54.3 Å². The summed E-state index contributed by atoms with van der Waals surface area (Å²) in [4.78, 5) is 0. The molecule has 226 valence electrons. The van der Waals surface area contributed by atoms with Crippen molar-refractivity contribution in [1.29, 1.82) is 5.41 Å². The standard InChI is InChI=1S/C22H42N6O11/c1-27-12-15(33)18-9(4-7(24)19(38-18)37-17-6(23)2-3-8(30)13(17)31)35-20(12)39-21-16(34)14(32)11(28-22(25)26)10(5-29)36-21/h6-21,27,29-34H,2-5,23-24H2,1H3,(H4,25,26,28)/t6?,7-,8+,9-,10?,11+,12?,13?,14-,15?,16?,17+,18?,19-,20?,21+/m0/s1. The van der Waals surface area contributed by atoms with Gasteiger partial charge in [-0.25, -0.2) is 0 Å². The Labute approximate surface area is 225 Å². The van der Waals surface area contributed by atoms with Gasteiger partial charge in [-0.3, -0.25) is 5.41 Å². The summed E-state index contributed by atoms with van der Waals surface area (Å²) in [6.45, 7) is -0.580. The van der Waals surface area contributed by atoms with E-state index in [1.807, 2.05) is 0 Å². The van der Waals surface area contributed by atoms with Gasteiger partial charge in [0, 0.05) is 6.04 Å². The van der Waals surface area contributed by atoms with Crippen LogP contribution in [0.25, 0.3) is 0 Å². The van der Waals surface area contributed by atoms with E-state index in [-0.39, 0.29) is 6.42 Å². The molecule has 0 amide bonds. The third-order valence-electron chi connectivity index (χ3n) is 7.87. The molecule has 4 aliphatic rings. The lowest BCUT2D eigenvalue weighted by atomic mass is 9.87. The highest BCUT2D eigenvalue weighted by Gasteiger charge is 2.54. The Balaban J connectivity index is 1.43. The SMILES string of the molecule is CNC1C(O[C@H]2OC(CO)[C@@H](NC(=N)N)[C@H](O)C2O)O[C@H]2C[C@H](N)[C@@H](O[C@@H]3C(N)CC[C@@H](O)C3O)OC2C1O. The lowest BCUT2D eigenvalue weighted by Gasteiger charge is -2.51. The van der Waals surface area contributed by atoms with Crippen LogP contribution in [-0.4, -0.2) is 148 Å². The summed E-state index contributed by atoms with van der Waals surface area (Å²) in [6.07, 6.45) is -13.1. The second-order valence-corrected chi connectivity index (χ2v) is 10.5. The van der Waals surface area contributed by atoms with Crippen molar-refractivity contribution in [2.75, 3.05) is 13.7 Å². The molecule has 4 rings (SSSR count). The number of nitrogens with one attached hydrogen (secondary N) is 3. The molecule has 0 spiro atoms. The molecule has 1 saturated carbocycles. The Kier molecular flexibility index (Phi) is 9.99. The number of aliphatic hydroxyl groups excluding tert-OH is 6. The first-order valence-electron chi connectivity index (χ1n) is 13.0. The van der Waals surface area contributed by atoms with Crippen LogP contribution in [0.4, 0.5) is 0 Å². The van der Waals surface area contributed by atoms with Crippen LogP contribution in [0.2, 0.25) is 0 Å². The number of likely N-dealkylation sites (N-methyl/N-ethyl adjacent to an activating group) is 1. The van der Waals surface area contributed by atoms with E-state index >= 15 is 0 Å². The molecule has 3 heterocycles. The molecule has 39 heavy (non-hydrogen) atoms. The fraction of sp³-hybridized carbons (Fsp3) is 0.955. The summed E-state index contributed by atoms with van der Waals surface area (Å²) in [5.74, 6) is -0.486. The molecule has 8 unspecified atom stereocenters. The first-order chi connectivity index (χ1) is 18.5. The number of hydrogen-bond donors (Lipinski definition) is 12. The number of aliphatic hydroxyl groups is 6. The monoisotopic (exact) mass is 566 g/mol. The van der Waals surface area contributed by atoms with Gasteiger partial charge in [0.25, 0.3) is 0 Å². The lowest BCUT2D eigenvalue weighted by molar-refractivity contribution is -0.373. The number of fused-ring (bicyclic) bond motifs is 1. The Hall–Kier alpha value is -1.29. The molecule has 0 radical (unpaired) electrons. The highest BCUT2D eigenvalue weighted by Crippen LogP contribution is 2.35. The first kappa shape index (κ1) is 30.7. The molecule has 15 N–H and O–H groups in total. The quantitative estimate of drug-likeness (QED) is 0.101. The Morgan fingerprint density at radius 3 is 2.23 bits per heavy atom. The largest absolute Gasteiger partial charge is 0.394 e. The van der Waals surface area contributed by atoms with Crippen LogP contribution in [0.15, 0.2) is 0 Å². The molecular formula is C22H42N6O11. The zero-order chi connectivity index (χ0) is 28.6. The first-order valence-corrected chi connectivity index (χ1v) is 13.0. The van der Waals surface area contributed by atoms with E-state index in [2.05, 4.69) is 10.6 Å². The van der Waals surface area contributed by atoms with Crippen molar-refractivity contribution in [3.63, 3.8) is 0 Å². The van der Waals surface area contributed by atoms with E-state index in [4.69, 9.17) is 46.3 Å². The second-order valence-electron chi connectivity index (χ2n) is 10.5. The van der Waals surface area contributed by atoms with Crippen molar-refractivity contribution in [2.45, 2.75) is 117 Å². The highest BCUT2D eigenvalue weighted by molar-refractivity contribution is 5.74. The van der Waals surface area contributed by atoms with E-state index < -0.39 is 111 Å². The molecule has 3 saturated heterocycles. The third kappa shape index (κ3) is 6.31. The summed E-state index contributed by atoms with van der Waals surface area (Å²) in [7, 11) is 1.55. The van der Waals surface area contributed by atoms with Gasteiger partial charge in [0.1, 0.15) is 42.7 Å². The summed E-state index contributed by atoms with van der Waals surface area (Å²) in [5, 5.41) is 75.2.